The standard InChI is InChI=1S/C25H21FN2O6/c1-31-15-11-12-18(21(13-15)32-2)27-25(30)24-23(16-7-3-5-9-19(16)34-24)28-22(29)14-33-20-10-6-4-8-17(20)26/h3-13H,14H2,1-2H3,(H,27,30)(H,28,29). The Hall–Kier alpha value is -4.53. The van der Waals surface area contributed by atoms with Crippen molar-refractivity contribution in [2.45, 2.75) is 0 Å². The molecule has 34 heavy (non-hydrogen) atoms. The zero-order valence-electron chi connectivity index (χ0n) is 18.4. The topological polar surface area (TPSA) is 99.0 Å². The number of hydrogen-bond donors (Lipinski definition) is 2. The van der Waals surface area contributed by atoms with Crippen LogP contribution in [0.1, 0.15) is 10.6 Å². The van der Waals surface area contributed by atoms with Crippen LogP contribution in [0.2, 0.25) is 0 Å². The molecule has 2 amide bonds. The van der Waals surface area contributed by atoms with Crippen LogP contribution in [0.25, 0.3) is 11.0 Å². The zero-order chi connectivity index (χ0) is 24.1. The van der Waals surface area contributed by atoms with Gasteiger partial charge in [-0.25, -0.2) is 4.39 Å². The summed E-state index contributed by atoms with van der Waals surface area (Å²) < 4.78 is 35.3. The van der Waals surface area contributed by atoms with Crippen molar-refractivity contribution in [1.29, 1.82) is 0 Å². The lowest BCUT2D eigenvalue weighted by molar-refractivity contribution is -0.118. The molecule has 0 unspecified atom stereocenters. The van der Waals surface area contributed by atoms with E-state index in [0.29, 0.717) is 28.2 Å². The number of carbonyl (C=O) groups is 2. The number of halogens is 1. The average Bonchev–Trinajstić information content (AvgIpc) is 3.22. The molecule has 3 aromatic carbocycles. The molecule has 9 heteroatoms. The molecule has 0 aliphatic carbocycles. The Morgan fingerprint density at radius 2 is 1.68 bits per heavy atom. The first-order chi connectivity index (χ1) is 16.5. The van der Waals surface area contributed by atoms with E-state index in [1.807, 2.05) is 0 Å². The number of anilines is 2. The molecule has 0 radical (unpaired) electrons. The van der Waals surface area contributed by atoms with Gasteiger partial charge in [-0.3, -0.25) is 9.59 Å². The normalized spacial score (nSPS) is 10.6. The molecule has 2 N–H and O–H groups in total. The van der Waals surface area contributed by atoms with Gasteiger partial charge in [0.05, 0.1) is 19.9 Å². The number of para-hydroxylation sites is 2. The molecule has 0 spiro atoms. The van der Waals surface area contributed by atoms with Crippen molar-refractivity contribution < 1.29 is 32.6 Å². The number of rotatable bonds is 8. The lowest BCUT2D eigenvalue weighted by atomic mass is 10.2. The van der Waals surface area contributed by atoms with Gasteiger partial charge in [0, 0.05) is 11.5 Å². The van der Waals surface area contributed by atoms with E-state index in [4.69, 9.17) is 18.6 Å². The quantitative estimate of drug-likeness (QED) is 0.386. The van der Waals surface area contributed by atoms with Gasteiger partial charge in [-0.15, -0.1) is 0 Å². The maximum atomic E-state index is 13.8. The van der Waals surface area contributed by atoms with Gasteiger partial charge in [-0.2, -0.15) is 0 Å². The van der Waals surface area contributed by atoms with Crippen LogP contribution in [0.15, 0.2) is 71.1 Å². The second-order valence-corrected chi connectivity index (χ2v) is 7.09. The number of ether oxygens (including phenoxy) is 3. The second kappa shape index (κ2) is 9.95. The first kappa shape index (κ1) is 22.7. The number of hydrogen-bond acceptors (Lipinski definition) is 6. The van der Waals surface area contributed by atoms with Gasteiger partial charge in [-0.1, -0.05) is 24.3 Å². The lowest BCUT2D eigenvalue weighted by Gasteiger charge is -2.12. The van der Waals surface area contributed by atoms with Gasteiger partial charge >= 0.3 is 0 Å². The fourth-order valence-corrected chi connectivity index (χ4v) is 3.29. The largest absolute Gasteiger partial charge is 0.497 e. The predicted molar refractivity (Wildman–Crippen MR) is 124 cm³/mol. The molecule has 0 saturated carbocycles. The maximum Gasteiger partial charge on any atom is 0.293 e. The van der Waals surface area contributed by atoms with Crippen LogP contribution < -0.4 is 24.8 Å². The Kier molecular flexibility index (Phi) is 6.63. The molecule has 0 aliphatic heterocycles. The molecular formula is C25H21FN2O6. The zero-order valence-corrected chi connectivity index (χ0v) is 18.4. The van der Waals surface area contributed by atoms with Gasteiger partial charge in [0.25, 0.3) is 11.8 Å². The number of fused-ring (bicyclic) bond motifs is 1. The summed E-state index contributed by atoms with van der Waals surface area (Å²) in [5, 5.41) is 5.89. The molecule has 174 valence electrons. The van der Waals surface area contributed by atoms with Crippen LogP contribution in [0.3, 0.4) is 0 Å². The number of amides is 2. The third-order valence-electron chi connectivity index (χ3n) is 4.92. The highest BCUT2D eigenvalue weighted by Crippen LogP contribution is 2.34. The number of furan rings is 1. The van der Waals surface area contributed by atoms with Crippen LogP contribution in [-0.4, -0.2) is 32.6 Å². The maximum absolute atomic E-state index is 13.8. The summed E-state index contributed by atoms with van der Waals surface area (Å²) >= 11 is 0. The highest BCUT2D eigenvalue weighted by molar-refractivity contribution is 6.15. The molecular weight excluding hydrogens is 443 g/mol. The minimum Gasteiger partial charge on any atom is -0.497 e. The summed E-state index contributed by atoms with van der Waals surface area (Å²) in [6.07, 6.45) is 0. The van der Waals surface area contributed by atoms with E-state index in [1.54, 1.807) is 48.5 Å². The van der Waals surface area contributed by atoms with Gasteiger partial charge in [0.2, 0.25) is 5.76 Å². The minimum absolute atomic E-state index is 0.0562. The molecule has 4 rings (SSSR count). The van der Waals surface area contributed by atoms with E-state index in [9.17, 15) is 14.0 Å². The molecule has 0 aliphatic rings. The Labute approximate surface area is 194 Å². The van der Waals surface area contributed by atoms with E-state index < -0.39 is 24.2 Å². The number of methoxy groups -OCH3 is 2. The highest BCUT2D eigenvalue weighted by atomic mass is 19.1. The number of nitrogens with one attached hydrogen (secondary N) is 2. The van der Waals surface area contributed by atoms with Crippen LogP contribution in [0.5, 0.6) is 17.2 Å². The molecule has 0 bridgehead atoms. The van der Waals surface area contributed by atoms with Gasteiger partial charge in [0.15, 0.2) is 18.2 Å². The van der Waals surface area contributed by atoms with Crippen LogP contribution >= 0.6 is 0 Å². The van der Waals surface area contributed by atoms with Crippen molar-refractivity contribution in [3.05, 3.63) is 78.3 Å². The molecule has 4 aromatic rings. The molecule has 0 fully saturated rings. The molecule has 1 heterocycles. The fraction of sp³-hybridized carbons (Fsp3) is 0.120. The molecule has 0 saturated heterocycles. The Morgan fingerprint density at radius 1 is 0.912 bits per heavy atom. The molecule has 8 nitrogen and oxygen atoms in total. The predicted octanol–water partition coefficient (Wildman–Crippen LogP) is 4.86. The van der Waals surface area contributed by atoms with E-state index in [2.05, 4.69) is 10.6 Å². The summed E-state index contributed by atoms with van der Waals surface area (Å²) in [7, 11) is 2.99. The summed E-state index contributed by atoms with van der Waals surface area (Å²) in [5.74, 6) is -1.01. The Bertz CT molecular complexity index is 1350. The minimum atomic E-state index is -0.606. The average molecular weight is 464 g/mol. The molecule has 1 aromatic heterocycles. The Morgan fingerprint density at radius 3 is 2.44 bits per heavy atom. The van der Waals surface area contributed by atoms with Crippen LogP contribution in [0.4, 0.5) is 15.8 Å². The Balaban J connectivity index is 1.58. The smallest absolute Gasteiger partial charge is 0.293 e. The summed E-state index contributed by atoms with van der Waals surface area (Å²) in [5.41, 5.74) is 0.955. The van der Waals surface area contributed by atoms with Gasteiger partial charge < -0.3 is 29.3 Å². The van der Waals surface area contributed by atoms with Crippen molar-refractivity contribution >= 4 is 34.2 Å². The van der Waals surface area contributed by atoms with E-state index in [-0.39, 0.29) is 17.2 Å². The SMILES string of the molecule is COc1ccc(NC(=O)c2oc3ccccc3c2NC(=O)COc2ccccc2F)c(OC)c1. The van der Waals surface area contributed by atoms with E-state index in [0.717, 1.165) is 0 Å². The van der Waals surface area contributed by atoms with Crippen molar-refractivity contribution in [1.82, 2.24) is 0 Å². The summed E-state index contributed by atoms with van der Waals surface area (Å²) in [4.78, 5) is 25.7. The second-order valence-electron chi connectivity index (χ2n) is 7.09. The van der Waals surface area contributed by atoms with Crippen molar-refractivity contribution in [3.63, 3.8) is 0 Å². The third-order valence-corrected chi connectivity index (χ3v) is 4.92. The van der Waals surface area contributed by atoms with E-state index in [1.165, 1.54) is 32.4 Å². The van der Waals surface area contributed by atoms with Crippen molar-refractivity contribution in [2.24, 2.45) is 0 Å². The summed E-state index contributed by atoms with van der Waals surface area (Å²) in [6, 6.07) is 17.5. The third kappa shape index (κ3) is 4.78. The fourth-order valence-electron chi connectivity index (χ4n) is 3.29. The lowest BCUT2D eigenvalue weighted by Crippen LogP contribution is -2.22. The monoisotopic (exact) mass is 464 g/mol. The first-order valence-corrected chi connectivity index (χ1v) is 10.2. The van der Waals surface area contributed by atoms with Crippen molar-refractivity contribution in [3.8, 4) is 17.2 Å². The van der Waals surface area contributed by atoms with Gasteiger partial charge in [-0.05, 0) is 36.4 Å². The van der Waals surface area contributed by atoms with Crippen LogP contribution in [-0.2, 0) is 4.79 Å². The number of carbonyl (C=O) groups excluding carboxylic acids is 2. The van der Waals surface area contributed by atoms with Crippen molar-refractivity contribution in [2.75, 3.05) is 31.5 Å². The summed E-state index contributed by atoms with van der Waals surface area (Å²) in [6.45, 7) is -0.464. The van der Waals surface area contributed by atoms with Crippen LogP contribution in [0, 0.1) is 5.82 Å². The van der Waals surface area contributed by atoms with Gasteiger partial charge in [0.1, 0.15) is 22.8 Å². The molecule has 0 atom stereocenters. The number of benzene rings is 3. The van der Waals surface area contributed by atoms with E-state index >= 15 is 0 Å². The first-order valence-electron chi connectivity index (χ1n) is 10.2. The highest BCUT2D eigenvalue weighted by Gasteiger charge is 2.23.